The molecule has 0 saturated heterocycles. The summed E-state index contributed by atoms with van der Waals surface area (Å²) in [6.07, 6.45) is 15.3. The van der Waals surface area contributed by atoms with Crippen molar-refractivity contribution in [3.05, 3.63) is 33.9 Å². The van der Waals surface area contributed by atoms with E-state index in [9.17, 15) is 0 Å². The second-order valence-electron chi connectivity index (χ2n) is 7.25. The Morgan fingerprint density at radius 2 is 1.00 bits per heavy atom. The third kappa shape index (κ3) is 6.24. The average molecular weight is 332 g/mol. The lowest BCUT2D eigenvalue weighted by Gasteiger charge is -2.23. The second kappa shape index (κ2) is 12.5. The monoisotopic (exact) mass is 331 g/mol. The van der Waals surface area contributed by atoms with Gasteiger partial charge in [0, 0.05) is 6.54 Å². The van der Waals surface area contributed by atoms with Crippen LogP contribution in [0, 0.1) is 0 Å². The smallest absolute Gasteiger partial charge is 0.0181 e. The Hall–Kier alpha value is -0.820. The van der Waals surface area contributed by atoms with E-state index in [2.05, 4.69) is 33.8 Å². The largest absolute Gasteiger partial charge is 0.326 e. The van der Waals surface area contributed by atoms with E-state index in [1.165, 1.54) is 82.6 Å². The van der Waals surface area contributed by atoms with E-state index >= 15 is 0 Å². The molecule has 0 spiro atoms. The highest BCUT2D eigenvalue weighted by molar-refractivity contribution is 5.47. The fraction of sp³-hybridized carbons (Fsp3) is 0.739. The van der Waals surface area contributed by atoms with Crippen molar-refractivity contribution in [3.8, 4) is 0 Å². The van der Waals surface area contributed by atoms with Gasteiger partial charge in [-0.25, -0.2) is 0 Å². The highest BCUT2D eigenvalue weighted by atomic mass is 14.5. The summed E-state index contributed by atoms with van der Waals surface area (Å²) in [5.41, 5.74) is 14.2. The molecule has 0 aliphatic heterocycles. The lowest BCUT2D eigenvalue weighted by molar-refractivity contribution is 0.712. The maximum absolute atomic E-state index is 6.17. The summed E-state index contributed by atoms with van der Waals surface area (Å²) in [6.45, 7) is 9.90. The van der Waals surface area contributed by atoms with Gasteiger partial charge in [-0.1, -0.05) is 59.4 Å². The zero-order valence-electron chi connectivity index (χ0n) is 16.8. The first-order chi connectivity index (χ1) is 11.7. The summed E-state index contributed by atoms with van der Waals surface area (Å²) in [5, 5.41) is 0. The summed E-state index contributed by atoms with van der Waals surface area (Å²) in [6, 6.07) is 2.47. The molecule has 0 aromatic heterocycles. The van der Waals surface area contributed by atoms with Crippen LogP contribution in [0.3, 0.4) is 0 Å². The number of hydrogen-bond acceptors (Lipinski definition) is 1. The maximum Gasteiger partial charge on any atom is 0.0181 e. The Labute approximate surface area is 151 Å². The molecule has 1 aromatic rings. The van der Waals surface area contributed by atoms with Gasteiger partial charge in [-0.2, -0.15) is 0 Å². The minimum atomic E-state index is 0.700. The first kappa shape index (κ1) is 21.2. The Morgan fingerprint density at radius 1 is 0.583 bits per heavy atom. The Bertz CT molecular complexity index is 462. The summed E-state index contributed by atoms with van der Waals surface area (Å²) in [7, 11) is 0. The SMILES string of the molecule is CCCCc1cc(CN)c(CCCC)c(CCCC)c1CCCC. The quantitative estimate of drug-likeness (QED) is 0.437. The Balaban J connectivity index is 3.36. The number of rotatable bonds is 13. The molecule has 1 rings (SSSR count). The van der Waals surface area contributed by atoms with Gasteiger partial charge in [0.15, 0.2) is 0 Å². The van der Waals surface area contributed by atoms with E-state index in [0.29, 0.717) is 6.54 Å². The zero-order valence-corrected chi connectivity index (χ0v) is 16.8. The van der Waals surface area contributed by atoms with Gasteiger partial charge < -0.3 is 5.73 Å². The van der Waals surface area contributed by atoms with E-state index in [-0.39, 0.29) is 0 Å². The van der Waals surface area contributed by atoms with Gasteiger partial charge in [0.2, 0.25) is 0 Å². The topological polar surface area (TPSA) is 26.0 Å². The van der Waals surface area contributed by atoms with Crippen LogP contribution in [0.2, 0.25) is 0 Å². The van der Waals surface area contributed by atoms with Crippen molar-refractivity contribution >= 4 is 0 Å². The molecule has 0 aliphatic carbocycles. The van der Waals surface area contributed by atoms with Gasteiger partial charge in [-0.3, -0.25) is 0 Å². The van der Waals surface area contributed by atoms with Crippen molar-refractivity contribution in [2.24, 2.45) is 5.73 Å². The van der Waals surface area contributed by atoms with Crippen molar-refractivity contribution < 1.29 is 0 Å². The van der Waals surface area contributed by atoms with Crippen LogP contribution in [-0.4, -0.2) is 0 Å². The molecule has 24 heavy (non-hydrogen) atoms. The minimum Gasteiger partial charge on any atom is -0.326 e. The van der Waals surface area contributed by atoms with Gasteiger partial charge in [-0.05, 0) is 79.2 Å². The molecule has 0 heterocycles. The van der Waals surface area contributed by atoms with E-state index < -0.39 is 0 Å². The molecular weight excluding hydrogens is 290 g/mol. The van der Waals surface area contributed by atoms with Crippen molar-refractivity contribution in [2.45, 2.75) is 111 Å². The second-order valence-corrected chi connectivity index (χ2v) is 7.25. The van der Waals surface area contributed by atoms with E-state index in [1.807, 2.05) is 0 Å². The number of hydrogen-bond donors (Lipinski definition) is 1. The summed E-state index contributed by atoms with van der Waals surface area (Å²) in [4.78, 5) is 0. The lowest BCUT2D eigenvalue weighted by Crippen LogP contribution is -2.12. The van der Waals surface area contributed by atoms with Gasteiger partial charge in [-0.15, -0.1) is 0 Å². The molecule has 0 unspecified atom stereocenters. The molecular formula is C23H41N. The van der Waals surface area contributed by atoms with Crippen LogP contribution in [0.5, 0.6) is 0 Å². The van der Waals surface area contributed by atoms with Gasteiger partial charge in [0.05, 0.1) is 0 Å². The first-order valence-corrected chi connectivity index (χ1v) is 10.6. The molecule has 1 aromatic carbocycles. The highest BCUT2D eigenvalue weighted by Crippen LogP contribution is 2.29. The molecule has 0 aliphatic rings. The number of unbranched alkanes of at least 4 members (excludes halogenated alkanes) is 4. The molecule has 0 radical (unpaired) electrons. The third-order valence-corrected chi connectivity index (χ3v) is 5.21. The van der Waals surface area contributed by atoms with Crippen LogP contribution in [0.15, 0.2) is 6.07 Å². The normalized spacial score (nSPS) is 11.2. The molecule has 0 amide bonds. The minimum absolute atomic E-state index is 0.700. The van der Waals surface area contributed by atoms with Crippen LogP contribution >= 0.6 is 0 Å². The van der Waals surface area contributed by atoms with Gasteiger partial charge in [0.1, 0.15) is 0 Å². The van der Waals surface area contributed by atoms with Gasteiger partial charge >= 0.3 is 0 Å². The van der Waals surface area contributed by atoms with Crippen LogP contribution in [0.1, 0.15) is 107 Å². The van der Waals surface area contributed by atoms with Crippen LogP contribution < -0.4 is 5.73 Å². The van der Waals surface area contributed by atoms with Crippen LogP contribution in [-0.2, 0) is 32.2 Å². The molecule has 0 saturated carbocycles. The number of aryl methyl sites for hydroxylation is 1. The summed E-state index contributed by atoms with van der Waals surface area (Å²) < 4.78 is 0. The number of nitrogens with two attached hydrogens (primary N) is 1. The van der Waals surface area contributed by atoms with Gasteiger partial charge in [0.25, 0.3) is 0 Å². The Morgan fingerprint density at radius 3 is 1.46 bits per heavy atom. The average Bonchev–Trinajstić information content (AvgIpc) is 2.61. The lowest BCUT2D eigenvalue weighted by atomic mass is 9.83. The fourth-order valence-corrected chi connectivity index (χ4v) is 3.71. The molecule has 138 valence electrons. The number of benzene rings is 1. The van der Waals surface area contributed by atoms with Crippen LogP contribution in [0.25, 0.3) is 0 Å². The molecule has 0 fully saturated rings. The van der Waals surface area contributed by atoms with E-state index in [0.717, 1.165) is 0 Å². The van der Waals surface area contributed by atoms with Crippen molar-refractivity contribution in [1.29, 1.82) is 0 Å². The Kier molecular flexibility index (Phi) is 11.1. The summed E-state index contributed by atoms with van der Waals surface area (Å²) >= 11 is 0. The van der Waals surface area contributed by atoms with E-state index in [1.54, 1.807) is 22.3 Å². The van der Waals surface area contributed by atoms with Crippen molar-refractivity contribution in [2.75, 3.05) is 0 Å². The maximum atomic E-state index is 6.17. The predicted molar refractivity (Wildman–Crippen MR) is 109 cm³/mol. The molecule has 1 nitrogen and oxygen atoms in total. The van der Waals surface area contributed by atoms with E-state index in [4.69, 9.17) is 5.73 Å². The summed E-state index contributed by atoms with van der Waals surface area (Å²) in [5.74, 6) is 0. The van der Waals surface area contributed by atoms with Crippen molar-refractivity contribution in [3.63, 3.8) is 0 Å². The standard InChI is InChI=1S/C23H41N/c1-5-9-13-19-17-20(18-24)22(15-11-7-3)23(16-12-8-4)21(19)14-10-6-2/h17H,5-16,18,24H2,1-4H3. The van der Waals surface area contributed by atoms with Crippen molar-refractivity contribution in [1.82, 2.24) is 0 Å². The first-order valence-electron chi connectivity index (χ1n) is 10.6. The third-order valence-electron chi connectivity index (χ3n) is 5.21. The van der Waals surface area contributed by atoms with Crippen LogP contribution in [0.4, 0.5) is 0 Å². The highest BCUT2D eigenvalue weighted by Gasteiger charge is 2.16. The molecule has 2 N–H and O–H groups in total. The predicted octanol–water partition coefficient (Wildman–Crippen LogP) is 6.52. The molecule has 1 heteroatoms. The zero-order chi connectivity index (χ0) is 17.8. The molecule has 0 bridgehead atoms. The molecule has 0 atom stereocenters. The fourth-order valence-electron chi connectivity index (χ4n) is 3.71.